The largest absolute Gasteiger partial charge is 0.446 e. The molecule has 46 heavy (non-hydrogen) atoms. The van der Waals surface area contributed by atoms with E-state index in [0.717, 1.165) is 39.5 Å². The third-order valence-electron chi connectivity index (χ3n) is 8.68. The molecule has 1 saturated carbocycles. The van der Waals surface area contributed by atoms with Gasteiger partial charge in [-0.1, -0.05) is 90.1 Å². The molecule has 5 rings (SSSR count). The molecule has 1 amide bonds. The number of alkyl halides is 2. The third-order valence-corrected chi connectivity index (χ3v) is 8.68. The van der Waals surface area contributed by atoms with Crippen LogP contribution < -0.4 is 10.6 Å². The average Bonchev–Trinajstić information content (AvgIpc) is 3.67. The number of hydrogen-bond donors (Lipinski definition) is 4. The van der Waals surface area contributed by atoms with Crippen LogP contribution in [0, 0.1) is 10.8 Å². The first-order chi connectivity index (χ1) is 21.6. The summed E-state index contributed by atoms with van der Waals surface area (Å²) in [5.74, 6) is -1.16. The second-order valence-corrected chi connectivity index (χ2v) is 14.5. The number of rotatable bonds is 8. The summed E-state index contributed by atoms with van der Waals surface area (Å²) in [6, 6.07) is 16.3. The van der Waals surface area contributed by atoms with Crippen LogP contribution in [0.2, 0.25) is 0 Å². The van der Waals surface area contributed by atoms with Gasteiger partial charge in [0.25, 0.3) is 0 Å². The number of alkyl carbamates (subject to hydrolysis) is 1. The molecular weight excluding hydrogens is 586 g/mol. The maximum Gasteiger partial charge on any atom is 0.408 e. The standard InChI is InChI=1S/C36H46F2N6O2/c1-34(2,3)29(39-7)31-40-20-27(42-31)24-12-8-22(9-13-24)23-10-14-25(15-11-23)28-21-41-32(43-28)30(35(4,5)6)44-33(45)46-26-16-18-36(37,38)19-17-26/h8-15,20-21,26,29-30,39H,16-19H2,1-7H3,(H,40,42)(H,41,43)(H,44,45)/t29-,30-/m1/s1. The molecule has 2 heterocycles. The fourth-order valence-corrected chi connectivity index (χ4v) is 6.05. The SMILES string of the molecule is CN[C@H](c1ncc(-c2ccc(-c3ccc(-c4cnc([C@@H](NC(=O)OC5CCC(F)(F)CC5)C(C)(C)C)[nH]4)cc3)cc2)[nH]1)C(C)(C)C. The zero-order valence-electron chi connectivity index (χ0n) is 27.8. The van der Waals surface area contributed by atoms with Crippen LogP contribution in [0.25, 0.3) is 33.6 Å². The Hall–Kier alpha value is -4.05. The predicted molar refractivity (Wildman–Crippen MR) is 177 cm³/mol. The van der Waals surface area contributed by atoms with Crippen LogP contribution in [0.4, 0.5) is 13.6 Å². The molecule has 0 saturated heterocycles. The molecule has 8 nitrogen and oxygen atoms in total. The lowest BCUT2D eigenvalue weighted by atomic mass is 9.86. The zero-order chi connectivity index (χ0) is 33.3. The molecule has 0 radical (unpaired) electrons. The molecule has 0 unspecified atom stereocenters. The quantitative estimate of drug-likeness (QED) is 0.155. The summed E-state index contributed by atoms with van der Waals surface area (Å²) < 4.78 is 32.5. The van der Waals surface area contributed by atoms with E-state index in [4.69, 9.17) is 4.74 Å². The Morgan fingerprint density at radius 3 is 1.61 bits per heavy atom. The van der Waals surface area contributed by atoms with Crippen molar-refractivity contribution in [3.63, 3.8) is 0 Å². The smallest absolute Gasteiger partial charge is 0.408 e. The van der Waals surface area contributed by atoms with Gasteiger partial charge in [0.05, 0.1) is 35.9 Å². The van der Waals surface area contributed by atoms with Crippen LogP contribution >= 0.6 is 0 Å². The molecule has 0 spiro atoms. The highest BCUT2D eigenvalue weighted by molar-refractivity contribution is 5.72. The van der Waals surface area contributed by atoms with Crippen molar-refractivity contribution < 1.29 is 18.3 Å². The van der Waals surface area contributed by atoms with Crippen LogP contribution in [0.15, 0.2) is 60.9 Å². The lowest BCUT2D eigenvalue weighted by Crippen LogP contribution is -2.40. The number of nitrogens with one attached hydrogen (secondary N) is 4. The van der Waals surface area contributed by atoms with Gasteiger partial charge in [0.1, 0.15) is 17.8 Å². The minimum Gasteiger partial charge on any atom is -0.446 e. The van der Waals surface area contributed by atoms with Crippen molar-refractivity contribution in [1.82, 2.24) is 30.6 Å². The number of carbonyl (C=O) groups excluding carboxylic acids is 1. The third kappa shape index (κ3) is 7.84. The molecule has 2 aromatic carbocycles. The van der Waals surface area contributed by atoms with Crippen molar-refractivity contribution in [3.05, 3.63) is 72.6 Å². The second-order valence-electron chi connectivity index (χ2n) is 14.5. The number of aromatic nitrogens is 4. The monoisotopic (exact) mass is 632 g/mol. The molecule has 10 heteroatoms. The molecule has 246 valence electrons. The van der Waals surface area contributed by atoms with Crippen LogP contribution in [0.3, 0.4) is 0 Å². The summed E-state index contributed by atoms with van der Waals surface area (Å²) in [4.78, 5) is 28.8. The van der Waals surface area contributed by atoms with Crippen LogP contribution in [-0.4, -0.2) is 45.1 Å². The lowest BCUT2D eigenvalue weighted by Gasteiger charge is -2.32. The Morgan fingerprint density at radius 2 is 1.20 bits per heavy atom. The molecule has 2 aromatic heterocycles. The van der Waals surface area contributed by atoms with E-state index >= 15 is 0 Å². The van der Waals surface area contributed by atoms with Crippen molar-refractivity contribution in [2.45, 2.75) is 91.3 Å². The first kappa shape index (κ1) is 33.3. The fraction of sp³-hybridized carbons (Fsp3) is 0.472. The summed E-state index contributed by atoms with van der Waals surface area (Å²) in [7, 11) is 1.96. The normalized spacial score (nSPS) is 17.0. The number of aromatic amines is 2. The van der Waals surface area contributed by atoms with Gasteiger partial charge in [0.2, 0.25) is 5.92 Å². The molecule has 1 aliphatic carbocycles. The number of nitrogens with zero attached hydrogens (tertiary/aromatic N) is 2. The number of hydrogen-bond acceptors (Lipinski definition) is 5. The fourth-order valence-electron chi connectivity index (χ4n) is 6.05. The highest BCUT2D eigenvalue weighted by atomic mass is 19.3. The van der Waals surface area contributed by atoms with Crippen LogP contribution in [0.1, 0.15) is 91.0 Å². The van der Waals surface area contributed by atoms with Crippen LogP contribution in [-0.2, 0) is 4.74 Å². The van der Waals surface area contributed by atoms with E-state index in [-0.39, 0.29) is 42.6 Å². The zero-order valence-corrected chi connectivity index (χ0v) is 27.8. The van der Waals surface area contributed by atoms with Gasteiger partial charge in [-0.15, -0.1) is 0 Å². The van der Waals surface area contributed by atoms with Gasteiger partial charge in [-0.05, 0) is 53.0 Å². The van der Waals surface area contributed by atoms with Gasteiger partial charge in [0, 0.05) is 12.8 Å². The predicted octanol–water partition coefficient (Wildman–Crippen LogP) is 8.83. The Kier molecular flexibility index (Phi) is 9.40. The minimum absolute atomic E-state index is 0.0254. The summed E-state index contributed by atoms with van der Waals surface area (Å²) in [5, 5.41) is 6.28. The molecular formula is C36H46F2N6O2. The van der Waals surface area contributed by atoms with Gasteiger partial charge < -0.3 is 25.3 Å². The van der Waals surface area contributed by atoms with Gasteiger partial charge in [-0.3, -0.25) is 0 Å². The summed E-state index contributed by atoms with van der Waals surface area (Å²) in [5.41, 5.74) is 5.65. The second kappa shape index (κ2) is 13.0. The Bertz CT molecular complexity index is 1600. The molecule has 0 aliphatic heterocycles. The van der Waals surface area contributed by atoms with Gasteiger partial charge in [-0.2, -0.15) is 0 Å². The first-order valence-corrected chi connectivity index (χ1v) is 16.0. The Labute approximate surface area is 270 Å². The molecule has 1 aliphatic rings. The van der Waals surface area contributed by atoms with E-state index in [2.05, 4.69) is 87.7 Å². The maximum absolute atomic E-state index is 13.5. The highest BCUT2D eigenvalue weighted by Crippen LogP contribution is 2.36. The molecule has 4 aromatic rings. The number of amides is 1. The van der Waals surface area contributed by atoms with E-state index < -0.39 is 24.2 Å². The number of halogens is 2. The van der Waals surface area contributed by atoms with Crippen LogP contribution in [0.5, 0.6) is 0 Å². The Balaban J connectivity index is 1.25. The van der Waals surface area contributed by atoms with Crippen molar-refractivity contribution in [2.24, 2.45) is 10.8 Å². The number of imidazole rings is 2. The summed E-state index contributed by atoms with van der Waals surface area (Å²) >= 11 is 0. The van der Waals surface area contributed by atoms with Gasteiger partial charge in [-0.25, -0.2) is 23.5 Å². The van der Waals surface area contributed by atoms with E-state index in [0.29, 0.717) is 5.82 Å². The van der Waals surface area contributed by atoms with Crippen molar-refractivity contribution in [3.8, 4) is 33.6 Å². The number of carbonyl (C=O) groups is 1. The Morgan fingerprint density at radius 1 is 0.783 bits per heavy atom. The van der Waals surface area contributed by atoms with Crippen molar-refractivity contribution in [1.29, 1.82) is 0 Å². The maximum atomic E-state index is 13.5. The molecule has 4 N–H and O–H groups in total. The summed E-state index contributed by atoms with van der Waals surface area (Å²) in [6.07, 6.45) is 2.30. The first-order valence-electron chi connectivity index (χ1n) is 16.0. The summed E-state index contributed by atoms with van der Waals surface area (Å²) in [6.45, 7) is 12.6. The van der Waals surface area contributed by atoms with Gasteiger partial charge in [0.15, 0.2) is 0 Å². The number of benzene rings is 2. The van der Waals surface area contributed by atoms with E-state index in [1.165, 1.54) is 0 Å². The van der Waals surface area contributed by atoms with E-state index in [9.17, 15) is 13.6 Å². The average molecular weight is 633 g/mol. The van der Waals surface area contributed by atoms with Crippen molar-refractivity contribution in [2.75, 3.05) is 7.05 Å². The highest BCUT2D eigenvalue weighted by Gasteiger charge is 2.37. The number of ether oxygens (including phenoxy) is 1. The molecule has 0 bridgehead atoms. The number of H-pyrrole nitrogens is 2. The van der Waals surface area contributed by atoms with E-state index in [1.807, 2.05) is 46.1 Å². The lowest BCUT2D eigenvalue weighted by molar-refractivity contribution is -0.0660. The minimum atomic E-state index is -2.67. The molecule has 1 fully saturated rings. The van der Waals surface area contributed by atoms with Crippen molar-refractivity contribution >= 4 is 6.09 Å². The van der Waals surface area contributed by atoms with Gasteiger partial charge >= 0.3 is 6.09 Å². The topological polar surface area (TPSA) is 108 Å². The molecule has 2 atom stereocenters. The van der Waals surface area contributed by atoms with E-state index in [1.54, 1.807) is 6.20 Å².